The molecule has 1 fully saturated rings. The van der Waals surface area contributed by atoms with Crippen LogP contribution in [-0.2, 0) is 22.6 Å². The Balaban J connectivity index is 1.68. The van der Waals surface area contributed by atoms with Gasteiger partial charge in [0, 0.05) is 18.7 Å². The molecule has 2 aliphatic rings. The maximum atomic E-state index is 13.8. The smallest absolute Gasteiger partial charge is 0.358 e. The summed E-state index contributed by atoms with van der Waals surface area (Å²) in [5, 5.41) is 7.54. The molecule has 1 unspecified atom stereocenters. The Morgan fingerprint density at radius 1 is 1.17 bits per heavy atom. The maximum absolute atomic E-state index is 13.8. The van der Waals surface area contributed by atoms with Crippen molar-refractivity contribution in [1.82, 2.24) is 20.0 Å². The highest BCUT2D eigenvalue weighted by atomic mass is 16.5. The number of hydrogen-bond donors (Lipinski definition) is 1. The summed E-state index contributed by atoms with van der Waals surface area (Å²) in [6.07, 6.45) is 6.40. The summed E-state index contributed by atoms with van der Waals surface area (Å²) >= 11 is 0. The molecule has 9 nitrogen and oxygen atoms in total. The summed E-state index contributed by atoms with van der Waals surface area (Å²) in [5.74, 6) is -0.488. The molecule has 2 aromatic rings. The van der Waals surface area contributed by atoms with Gasteiger partial charge >= 0.3 is 5.97 Å². The molecule has 35 heavy (non-hydrogen) atoms. The number of ether oxygens (including phenoxy) is 2. The standard InChI is InChI=1S/C26H34N4O5/c1-4-35-24(32)21-15-22-23(31)29(16-18-10-9-13-20(14-18)34-3)26(2,17-30(22)28-21)25(33)27-19-11-7-5-6-8-12-19/h9-10,13-15,19H,4-8,11-12,16-17H2,1-3H3,(H,27,33). The first kappa shape index (κ1) is 24.8. The summed E-state index contributed by atoms with van der Waals surface area (Å²) in [6.45, 7) is 4.04. The number of nitrogens with one attached hydrogen (secondary N) is 1. The molecule has 1 aromatic carbocycles. The molecule has 4 rings (SSSR count). The number of fused-ring (bicyclic) bond motifs is 1. The van der Waals surface area contributed by atoms with Gasteiger partial charge in [0.05, 0.1) is 20.3 Å². The zero-order valence-corrected chi connectivity index (χ0v) is 20.7. The molecule has 2 amide bonds. The second kappa shape index (κ2) is 10.5. The highest BCUT2D eigenvalue weighted by Crippen LogP contribution is 2.31. The fourth-order valence-electron chi connectivity index (χ4n) is 4.91. The minimum absolute atomic E-state index is 0.0601. The van der Waals surface area contributed by atoms with Gasteiger partial charge in [0.2, 0.25) is 5.91 Å². The van der Waals surface area contributed by atoms with Gasteiger partial charge in [0.1, 0.15) is 17.0 Å². The fourth-order valence-corrected chi connectivity index (χ4v) is 4.91. The fraction of sp³-hybridized carbons (Fsp3) is 0.538. The van der Waals surface area contributed by atoms with Crippen molar-refractivity contribution in [3.8, 4) is 5.75 Å². The lowest BCUT2D eigenvalue weighted by Gasteiger charge is -2.44. The number of benzene rings is 1. The summed E-state index contributed by atoms with van der Waals surface area (Å²) in [5.41, 5.74) is -0.0392. The first-order chi connectivity index (χ1) is 16.9. The lowest BCUT2D eigenvalue weighted by molar-refractivity contribution is -0.134. The molecule has 1 atom stereocenters. The van der Waals surface area contributed by atoms with Gasteiger partial charge in [-0.1, -0.05) is 37.8 Å². The van der Waals surface area contributed by atoms with E-state index in [9.17, 15) is 14.4 Å². The lowest BCUT2D eigenvalue weighted by Crippen LogP contribution is -2.64. The molecule has 1 aliphatic heterocycles. The number of esters is 1. The van der Waals surface area contributed by atoms with E-state index >= 15 is 0 Å². The molecule has 1 saturated carbocycles. The molecule has 0 saturated heterocycles. The third-order valence-corrected chi connectivity index (χ3v) is 6.94. The molecule has 0 bridgehead atoms. The van der Waals surface area contributed by atoms with Crippen molar-refractivity contribution < 1.29 is 23.9 Å². The number of aromatic nitrogens is 2. The van der Waals surface area contributed by atoms with Crippen LogP contribution in [0.15, 0.2) is 30.3 Å². The van der Waals surface area contributed by atoms with Gasteiger partial charge in [0.15, 0.2) is 5.69 Å². The first-order valence-corrected chi connectivity index (χ1v) is 12.4. The Morgan fingerprint density at radius 3 is 2.60 bits per heavy atom. The van der Waals surface area contributed by atoms with E-state index in [2.05, 4.69) is 10.4 Å². The van der Waals surface area contributed by atoms with Crippen LogP contribution in [0.1, 0.15) is 78.9 Å². The Morgan fingerprint density at radius 2 is 1.91 bits per heavy atom. The molecule has 1 aromatic heterocycles. The van der Waals surface area contributed by atoms with Crippen LogP contribution in [0.5, 0.6) is 5.75 Å². The van der Waals surface area contributed by atoms with E-state index in [1.54, 1.807) is 25.9 Å². The van der Waals surface area contributed by atoms with Crippen LogP contribution >= 0.6 is 0 Å². The monoisotopic (exact) mass is 482 g/mol. The average Bonchev–Trinajstić information content (AvgIpc) is 3.10. The zero-order chi connectivity index (χ0) is 25.0. The molecule has 188 valence electrons. The number of methoxy groups -OCH3 is 1. The molecule has 9 heteroatoms. The largest absolute Gasteiger partial charge is 0.497 e. The number of amides is 2. The summed E-state index contributed by atoms with van der Waals surface area (Å²) in [7, 11) is 1.59. The van der Waals surface area contributed by atoms with Gasteiger partial charge in [-0.25, -0.2) is 4.79 Å². The maximum Gasteiger partial charge on any atom is 0.358 e. The lowest BCUT2D eigenvalue weighted by atomic mass is 9.93. The molecule has 2 heterocycles. The Bertz CT molecular complexity index is 1090. The number of carbonyl (C=O) groups excluding carboxylic acids is 3. The highest BCUT2D eigenvalue weighted by Gasteiger charge is 2.48. The molecular weight excluding hydrogens is 448 g/mol. The van der Waals surface area contributed by atoms with Crippen molar-refractivity contribution in [3.05, 3.63) is 47.3 Å². The van der Waals surface area contributed by atoms with Crippen LogP contribution in [0.2, 0.25) is 0 Å². The number of rotatable bonds is 7. The zero-order valence-electron chi connectivity index (χ0n) is 20.7. The van der Waals surface area contributed by atoms with Gasteiger partial charge in [-0.15, -0.1) is 0 Å². The molecular formula is C26H34N4O5. The number of carbonyl (C=O) groups is 3. The Labute approximate surface area is 205 Å². The van der Waals surface area contributed by atoms with Crippen molar-refractivity contribution in [3.63, 3.8) is 0 Å². The molecule has 0 radical (unpaired) electrons. The average molecular weight is 483 g/mol. The van der Waals surface area contributed by atoms with E-state index in [1.165, 1.54) is 23.6 Å². The van der Waals surface area contributed by atoms with Gasteiger partial charge < -0.3 is 19.7 Å². The van der Waals surface area contributed by atoms with Gasteiger partial charge in [-0.3, -0.25) is 14.3 Å². The topological polar surface area (TPSA) is 103 Å². The van der Waals surface area contributed by atoms with E-state index < -0.39 is 11.5 Å². The van der Waals surface area contributed by atoms with E-state index in [0.29, 0.717) is 5.75 Å². The van der Waals surface area contributed by atoms with Crippen LogP contribution < -0.4 is 10.1 Å². The second-order valence-corrected chi connectivity index (χ2v) is 9.47. The minimum Gasteiger partial charge on any atom is -0.497 e. The minimum atomic E-state index is -1.20. The van der Waals surface area contributed by atoms with Crippen LogP contribution in [0, 0.1) is 0 Å². The number of hydrogen-bond acceptors (Lipinski definition) is 6. The van der Waals surface area contributed by atoms with Crippen molar-refractivity contribution in [2.75, 3.05) is 13.7 Å². The molecule has 1 aliphatic carbocycles. The van der Waals surface area contributed by atoms with Gasteiger partial charge in [0.25, 0.3) is 5.91 Å². The summed E-state index contributed by atoms with van der Waals surface area (Å²) in [4.78, 5) is 41.4. The summed E-state index contributed by atoms with van der Waals surface area (Å²) in [6, 6.07) is 8.98. The van der Waals surface area contributed by atoms with Crippen molar-refractivity contribution in [1.29, 1.82) is 0 Å². The molecule has 0 spiro atoms. The molecule has 1 N–H and O–H groups in total. The van der Waals surface area contributed by atoms with E-state index in [0.717, 1.165) is 31.2 Å². The van der Waals surface area contributed by atoms with Crippen LogP contribution in [-0.4, -0.2) is 57.8 Å². The predicted octanol–water partition coefficient (Wildman–Crippen LogP) is 3.32. The van der Waals surface area contributed by atoms with E-state index in [1.807, 2.05) is 24.3 Å². The van der Waals surface area contributed by atoms with E-state index in [4.69, 9.17) is 9.47 Å². The van der Waals surface area contributed by atoms with Gasteiger partial charge in [-0.2, -0.15) is 5.10 Å². The first-order valence-electron chi connectivity index (χ1n) is 12.4. The van der Waals surface area contributed by atoms with Crippen LogP contribution in [0.4, 0.5) is 0 Å². The van der Waals surface area contributed by atoms with E-state index in [-0.39, 0.29) is 48.9 Å². The number of nitrogens with zero attached hydrogens (tertiary/aromatic N) is 3. The third kappa shape index (κ3) is 5.18. The predicted molar refractivity (Wildman–Crippen MR) is 129 cm³/mol. The quantitative estimate of drug-likeness (QED) is 0.480. The van der Waals surface area contributed by atoms with Gasteiger partial charge in [-0.05, 0) is 44.4 Å². The Kier molecular flexibility index (Phi) is 7.42. The second-order valence-electron chi connectivity index (χ2n) is 9.47. The van der Waals surface area contributed by atoms with Crippen LogP contribution in [0.3, 0.4) is 0 Å². The highest BCUT2D eigenvalue weighted by molar-refractivity contribution is 6.01. The SMILES string of the molecule is CCOC(=O)c1cc2n(n1)CC(C)(C(=O)NC1CCCCCC1)N(Cc1cccc(OC)c1)C2=O. The third-order valence-electron chi connectivity index (χ3n) is 6.94. The normalized spacial score (nSPS) is 20.7. The van der Waals surface area contributed by atoms with Crippen molar-refractivity contribution >= 4 is 17.8 Å². The summed E-state index contributed by atoms with van der Waals surface area (Å²) < 4.78 is 11.9. The van der Waals surface area contributed by atoms with Crippen molar-refractivity contribution in [2.45, 2.75) is 77.0 Å². The van der Waals surface area contributed by atoms with Crippen LogP contribution in [0.25, 0.3) is 0 Å². The Hall–Kier alpha value is -3.36. The van der Waals surface area contributed by atoms with Crippen molar-refractivity contribution in [2.24, 2.45) is 0 Å².